The molecule has 2 heteroatoms. The molecule has 0 aromatic heterocycles. The summed E-state index contributed by atoms with van der Waals surface area (Å²) in [4.78, 5) is 0. The Balaban J connectivity index is 2.68. The molecule has 0 aliphatic heterocycles. The maximum absolute atomic E-state index is 5.48. The van der Waals surface area contributed by atoms with Gasteiger partial charge >= 0.3 is 0 Å². The lowest BCUT2D eigenvalue weighted by atomic mass is 10.1. The van der Waals surface area contributed by atoms with Crippen LogP contribution in [-0.2, 0) is 6.54 Å². The van der Waals surface area contributed by atoms with Gasteiger partial charge in [0.15, 0.2) is 0 Å². The SMILES string of the molecule is C#CCOc1ccccc1CNC(C)(C)C. The molecular weight excluding hydrogens is 198 g/mol. The van der Waals surface area contributed by atoms with E-state index in [9.17, 15) is 0 Å². The van der Waals surface area contributed by atoms with Gasteiger partial charge in [-0.15, -0.1) is 6.42 Å². The third kappa shape index (κ3) is 4.37. The monoisotopic (exact) mass is 217 g/mol. The Kier molecular flexibility index (Phi) is 4.39. The molecular formula is C14H19NO. The van der Waals surface area contributed by atoms with Gasteiger partial charge in [0.25, 0.3) is 0 Å². The molecule has 0 spiro atoms. The van der Waals surface area contributed by atoms with E-state index in [-0.39, 0.29) is 5.54 Å². The molecule has 0 unspecified atom stereocenters. The second-order valence-electron chi connectivity index (χ2n) is 4.70. The van der Waals surface area contributed by atoms with E-state index >= 15 is 0 Å². The van der Waals surface area contributed by atoms with Gasteiger partial charge in [-0.3, -0.25) is 0 Å². The zero-order valence-electron chi connectivity index (χ0n) is 10.2. The second-order valence-corrected chi connectivity index (χ2v) is 4.70. The van der Waals surface area contributed by atoms with Gasteiger partial charge in [0.05, 0.1) is 0 Å². The van der Waals surface area contributed by atoms with Gasteiger partial charge in [0.1, 0.15) is 12.4 Å². The molecule has 0 saturated carbocycles. The van der Waals surface area contributed by atoms with Gasteiger partial charge in [-0.2, -0.15) is 0 Å². The Bertz CT molecular complexity index is 371. The topological polar surface area (TPSA) is 21.3 Å². The number of hydrogen-bond donors (Lipinski definition) is 1. The van der Waals surface area contributed by atoms with Crippen LogP contribution in [0.1, 0.15) is 26.3 Å². The zero-order valence-corrected chi connectivity index (χ0v) is 10.2. The number of nitrogens with one attached hydrogen (secondary N) is 1. The van der Waals surface area contributed by atoms with Crippen LogP contribution in [0.25, 0.3) is 0 Å². The molecule has 0 radical (unpaired) electrons. The summed E-state index contributed by atoms with van der Waals surface area (Å²) in [6.45, 7) is 7.50. The minimum atomic E-state index is 0.0965. The molecule has 0 aliphatic rings. The van der Waals surface area contributed by atoms with Crippen LogP contribution in [0.4, 0.5) is 0 Å². The van der Waals surface area contributed by atoms with Crippen molar-refractivity contribution in [1.82, 2.24) is 5.32 Å². The number of terminal acetylenes is 1. The first-order valence-corrected chi connectivity index (χ1v) is 5.42. The van der Waals surface area contributed by atoms with Crippen LogP contribution in [0.3, 0.4) is 0 Å². The molecule has 2 nitrogen and oxygen atoms in total. The fraction of sp³-hybridized carbons (Fsp3) is 0.429. The van der Waals surface area contributed by atoms with Gasteiger partial charge in [0, 0.05) is 17.6 Å². The minimum Gasteiger partial charge on any atom is -0.481 e. The summed E-state index contributed by atoms with van der Waals surface area (Å²) in [6.07, 6.45) is 5.18. The first kappa shape index (κ1) is 12.6. The van der Waals surface area contributed by atoms with Crippen molar-refractivity contribution in [1.29, 1.82) is 0 Å². The zero-order chi connectivity index (χ0) is 12.0. The molecule has 1 aromatic rings. The smallest absolute Gasteiger partial charge is 0.148 e. The highest BCUT2D eigenvalue weighted by Crippen LogP contribution is 2.18. The largest absolute Gasteiger partial charge is 0.481 e. The molecule has 16 heavy (non-hydrogen) atoms. The second kappa shape index (κ2) is 5.58. The molecule has 1 rings (SSSR count). The predicted molar refractivity (Wildman–Crippen MR) is 67.4 cm³/mol. The average Bonchev–Trinajstić information content (AvgIpc) is 2.23. The Morgan fingerprint density at radius 3 is 2.62 bits per heavy atom. The quantitative estimate of drug-likeness (QED) is 0.783. The lowest BCUT2D eigenvalue weighted by Gasteiger charge is -2.21. The molecule has 0 saturated heterocycles. The molecule has 0 bridgehead atoms. The Hall–Kier alpha value is -1.46. The summed E-state index contributed by atoms with van der Waals surface area (Å²) in [5, 5.41) is 3.42. The van der Waals surface area contributed by atoms with Crippen LogP contribution >= 0.6 is 0 Å². The van der Waals surface area contributed by atoms with Crippen molar-refractivity contribution in [2.45, 2.75) is 32.9 Å². The van der Waals surface area contributed by atoms with Crippen molar-refractivity contribution < 1.29 is 4.74 Å². The van der Waals surface area contributed by atoms with E-state index in [2.05, 4.69) is 32.0 Å². The van der Waals surface area contributed by atoms with Crippen LogP contribution in [0, 0.1) is 12.3 Å². The summed E-state index contributed by atoms with van der Waals surface area (Å²) >= 11 is 0. The first-order chi connectivity index (χ1) is 7.53. The Morgan fingerprint density at radius 2 is 2.00 bits per heavy atom. The highest BCUT2D eigenvalue weighted by Gasteiger charge is 2.10. The Labute approximate surface area is 98.0 Å². The lowest BCUT2D eigenvalue weighted by molar-refractivity contribution is 0.359. The summed E-state index contributed by atoms with van der Waals surface area (Å²) < 4.78 is 5.48. The van der Waals surface area contributed by atoms with Crippen molar-refractivity contribution in [2.24, 2.45) is 0 Å². The first-order valence-electron chi connectivity index (χ1n) is 5.42. The van der Waals surface area contributed by atoms with Crippen LogP contribution < -0.4 is 10.1 Å². The fourth-order valence-corrected chi connectivity index (χ4v) is 1.27. The van der Waals surface area contributed by atoms with E-state index in [4.69, 9.17) is 11.2 Å². The predicted octanol–water partition coefficient (Wildman–Crippen LogP) is 2.59. The van der Waals surface area contributed by atoms with E-state index in [1.807, 2.05) is 24.3 Å². The van der Waals surface area contributed by atoms with Crippen LogP contribution in [-0.4, -0.2) is 12.1 Å². The number of para-hydroxylation sites is 1. The summed E-state index contributed by atoms with van der Waals surface area (Å²) in [5.74, 6) is 3.33. The van der Waals surface area contributed by atoms with E-state index in [0.717, 1.165) is 17.9 Å². The molecule has 1 N–H and O–H groups in total. The van der Waals surface area contributed by atoms with Crippen LogP contribution in [0.2, 0.25) is 0 Å². The maximum atomic E-state index is 5.48. The standard InChI is InChI=1S/C14H19NO/c1-5-10-16-13-9-7-6-8-12(13)11-15-14(2,3)4/h1,6-9,15H,10-11H2,2-4H3. The number of rotatable bonds is 4. The molecule has 0 aliphatic carbocycles. The van der Waals surface area contributed by atoms with Crippen LogP contribution in [0.5, 0.6) is 5.75 Å². The van der Waals surface area contributed by atoms with Crippen molar-refractivity contribution >= 4 is 0 Å². The highest BCUT2D eigenvalue weighted by atomic mass is 16.5. The van der Waals surface area contributed by atoms with Crippen molar-refractivity contribution in [2.75, 3.05) is 6.61 Å². The van der Waals surface area contributed by atoms with Gasteiger partial charge in [-0.05, 0) is 26.8 Å². The highest BCUT2D eigenvalue weighted by molar-refractivity contribution is 5.33. The van der Waals surface area contributed by atoms with E-state index < -0.39 is 0 Å². The lowest BCUT2D eigenvalue weighted by Crippen LogP contribution is -2.35. The molecule has 0 heterocycles. The summed E-state index contributed by atoms with van der Waals surface area (Å²) in [6, 6.07) is 7.94. The number of hydrogen-bond acceptors (Lipinski definition) is 2. The van der Waals surface area contributed by atoms with E-state index in [1.54, 1.807) is 0 Å². The summed E-state index contributed by atoms with van der Waals surface area (Å²) in [7, 11) is 0. The van der Waals surface area contributed by atoms with Crippen molar-refractivity contribution in [3.05, 3.63) is 29.8 Å². The Morgan fingerprint density at radius 1 is 1.31 bits per heavy atom. The fourth-order valence-electron chi connectivity index (χ4n) is 1.27. The number of ether oxygens (including phenoxy) is 1. The minimum absolute atomic E-state index is 0.0965. The van der Waals surface area contributed by atoms with E-state index in [0.29, 0.717) is 6.61 Å². The van der Waals surface area contributed by atoms with Gasteiger partial charge < -0.3 is 10.1 Å². The summed E-state index contributed by atoms with van der Waals surface area (Å²) in [5.41, 5.74) is 1.23. The van der Waals surface area contributed by atoms with Crippen molar-refractivity contribution in [3.8, 4) is 18.1 Å². The van der Waals surface area contributed by atoms with Gasteiger partial charge in [0.2, 0.25) is 0 Å². The van der Waals surface area contributed by atoms with Crippen molar-refractivity contribution in [3.63, 3.8) is 0 Å². The maximum Gasteiger partial charge on any atom is 0.148 e. The normalized spacial score (nSPS) is 10.9. The van der Waals surface area contributed by atoms with Crippen LogP contribution in [0.15, 0.2) is 24.3 Å². The molecule has 1 aromatic carbocycles. The third-order valence-electron chi connectivity index (χ3n) is 2.09. The van der Waals surface area contributed by atoms with E-state index in [1.165, 1.54) is 0 Å². The molecule has 0 amide bonds. The number of benzene rings is 1. The molecule has 0 fully saturated rings. The third-order valence-corrected chi connectivity index (χ3v) is 2.09. The van der Waals surface area contributed by atoms with Gasteiger partial charge in [-0.25, -0.2) is 0 Å². The molecule has 0 atom stereocenters. The molecule has 86 valence electrons. The van der Waals surface area contributed by atoms with Gasteiger partial charge in [-0.1, -0.05) is 24.1 Å². The average molecular weight is 217 g/mol.